The molecule has 0 saturated heterocycles. The van der Waals surface area contributed by atoms with Gasteiger partial charge in [-0.15, -0.1) is 0 Å². The van der Waals surface area contributed by atoms with Crippen molar-refractivity contribution in [1.29, 1.82) is 0 Å². The molecule has 0 aromatic heterocycles. The maximum Gasteiger partial charge on any atom is 0.191 e. The van der Waals surface area contributed by atoms with Crippen molar-refractivity contribution in [3.8, 4) is 5.75 Å². The Morgan fingerprint density at radius 3 is 2.48 bits per heavy atom. The van der Waals surface area contributed by atoms with E-state index in [4.69, 9.17) is 9.73 Å². The van der Waals surface area contributed by atoms with Crippen LogP contribution in [-0.2, 0) is 6.42 Å². The summed E-state index contributed by atoms with van der Waals surface area (Å²) < 4.78 is 5.67. The number of aliphatic hydroxyl groups excluding tert-OH is 1. The van der Waals surface area contributed by atoms with E-state index in [1.165, 1.54) is 5.56 Å². The molecule has 0 spiro atoms. The van der Waals surface area contributed by atoms with E-state index in [1.807, 2.05) is 26.0 Å². The zero-order valence-corrected chi connectivity index (χ0v) is 15.8. The minimum Gasteiger partial charge on any atom is -0.491 e. The summed E-state index contributed by atoms with van der Waals surface area (Å²) >= 11 is 0. The van der Waals surface area contributed by atoms with E-state index >= 15 is 0 Å². The Hall–Kier alpha value is -1.75. The average molecular weight is 348 g/mol. The molecular formula is C20H33N3O2. The lowest BCUT2D eigenvalue weighted by molar-refractivity contribution is 0.120. The lowest BCUT2D eigenvalue weighted by atomic mass is 9.93. The summed E-state index contributed by atoms with van der Waals surface area (Å²) in [6.07, 6.45) is 4.74. The number of hydrogen-bond acceptors (Lipinski definition) is 3. The van der Waals surface area contributed by atoms with Crippen LogP contribution in [0, 0.1) is 0 Å². The Balaban J connectivity index is 1.82. The molecule has 0 atom stereocenters. The van der Waals surface area contributed by atoms with Crippen molar-refractivity contribution in [2.24, 2.45) is 4.99 Å². The van der Waals surface area contributed by atoms with Gasteiger partial charge in [-0.2, -0.15) is 0 Å². The minimum absolute atomic E-state index is 0.125. The van der Waals surface area contributed by atoms with Crippen LogP contribution in [0.1, 0.15) is 52.0 Å². The normalized spacial score (nSPS) is 21.2. The fourth-order valence-corrected chi connectivity index (χ4v) is 3.04. The second-order valence-electron chi connectivity index (χ2n) is 6.97. The average Bonchev–Trinajstić information content (AvgIpc) is 2.58. The molecule has 1 saturated carbocycles. The Morgan fingerprint density at radius 2 is 1.88 bits per heavy atom. The van der Waals surface area contributed by atoms with Gasteiger partial charge in [-0.25, -0.2) is 0 Å². The summed E-state index contributed by atoms with van der Waals surface area (Å²) in [5, 5.41) is 16.4. The van der Waals surface area contributed by atoms with Crippen LogP contribution >= 0.6 is 0 Å². The number of nitrogens with zero attached hydrogens (tertiary/aromatic N) is 1. The quantitative estimate of drug-likeness (QED) is 0.524. The number of benzene rings is 1. The van der Waals surface area contributed by atoms with Gasteiger partial charge in [0.05, 0.1) is 12.2 Å². The van der Waals surface area contributed by atoms with Gasteiger partial charge < -0.3 is 20.5 Å². The van der Waals surface area contributed by atoms with Crippen LogP contribution < -0.4 is 15.4 Å². The highest BCUT2D eigenvalue weighted by atomic mass is 16.5. The summed E-state index contributed by atoms with van der Waals surface area (Å²) in [5.74, 6) is 1.79. The number of ether oxygens (including phenoxy) is 1. The van der Waals surface area contributed by atoms with Gasteiger partial charge in [-0.05, 0) is 70.6 Å². The lowest BCUT2D eigenvalue weighted by Gasteiger charge is -2.27. The fourth-order valence-electron chi connectivity index (χ4n) is 3.04. The van der Waals surface area contributed by atoms with Crippen molar-refractivity contribution >= 4 is 5.96 Å². The molecule has 0 heterocycles. The van der Waals surface area contributed by atoms with Gasteiger partial charge in [0.2, 0.25) is 0 Å². The van der Waals surface area contributed by atoms with Crippen LogP contribution in [0.5, 0.6) is 5.75 Å². The van der Waals surface area contributed by atoms with Crippen LogP contribution in [0.15, 0.2) is 29.3 Å². The predicted molar refractivity (Wildman–Crippen MR) is 103 cm³/mol. The second kappa shape index (κ2) is 10.3. The maximum atomic E-state index is 9.62. The maximum absolute atomic E-state index is 9.62. The van der Waals surface area contributed by atoms with E-state index in [9.17, 15) is 5.11 Å². The lowest BCUT2D eigenvalue weighted by Crippen LogP contribution is -2.45. The molecule has 1 fully saturated rings. The van der Waals surface area contributed by atoms with E-state index in [-0.39, 0.29) is 12.2 Å². The number of nitrogens with one attached hydrogen (secondary N) is 2. The first-order chi connectivity index (χ1) is 12.1. The molecular weight excluding hydrogens is 314 g/mol. The molecule has 3 N–H and O–H groups in total. The third-order valence-electron chi connectivity index (χ3n) is 4.35. The van der Waals surface area contributed by atoms with Crippen LogP contribution in [0.25, 0.3) is 0 Å². The number of aliphatic imine (C=N–C) groups is 1. The van der Waals surface area contributed by atoms with Crippen molar-refractivity contribution in [2.45, 2.75) is 71.1 Å². The summed E-state index contributed by atoms with van der Waals surface area (Å²) in [6, 6.07) is 8.67. The summed E-state index contributed by atoms with van der Waals surface area (Å²) in [5.41, 5.74) is 1.26. The smallest absolute Gasteiger partial charge is 0.191 e. The molecule has 0 amide bonds. The van der Waals surface area contributed by atoms with E-state index < -0.39 is 0 Å². The molecule has 2 rings (SSSR count). The molecule has 5 heteroatoms. The van der Waals surface area contributed by atoms with Crippen LogP contribution in [0.4, 0.5) is 0 Å². The Labute approximate surface area is 151 Å². The summed E-state index contributed by atoms with van der Waals surface area (Å²) in [7, 11) is 0. The van der Waals surface area contributed by atoms with E-state index in [2.05, 4.69) is 29.7 Å². The minimum atomic E-state index is -0.125. The molecule has 1 aliphatic carbocycles. The molecule has 1 aromatic rings. The third kappa shape index (κ3) is 7.34. The van der Waals surface area contributed by atoms with Crippen LogP contribution in [0.2, 0.25) is 0 Å². The number of rotatable bonds is 7. The van der Waals surface area contributed by atoms with Crippen molar-refractivity contribution in [1.82, 2.24) is 10.6 Å². The van der Waals surface area contributed by atoms with Gasteiger partial charge in [-0.3, -0.25) is 4.99 Å². The van der Waals surface area contributed by atoms with Crippen LogP contribution in [-0.4, -0.2) is 42.4 Å². The third-order valence-corrected chi connectivity index (χ3v) is 4.35. The molecule has 25 heavy (non-hydrogen) atoms. The van der Waals surface area contributed by atoms with Crippen molar-refractivity contribution in [3.05, 3.63) is 29.8 Å². The second-order valence-corrected chi connectivity index (χ2v) is 6.97. The first kappa shape index (κ1) is 19.6. The van der Waals surface area contributed by atoms with Crippen molar-refractivity contribution in [3.63, 3.8) is 0 Å². The Morgan fingerprint density at radius 1 is 1.20 bits per heavy atom. The molecule has 140 valence electrons. The zero-order chi connectivity index (χ0) is 18.1. The summed E-state index contributed by atoms with van der Waals surface area (Å²) in [4.78, 5) is 4.69. The zero-order valence-electron chi connectivity index (χ0n) is 15.8. The molecule has 1 aliphatic rings. The monoisotopic (exact) mass is 347 g/mol. The topological polar surface area (TPSA) is 65.9 Å². The first-order valence-electron chi connectivity index (χ1n) is 9.55. The van der Waals surface area contributed by atoms with Gasteiger partial charge in [0.1, 0.15) is 5.75 Å². The highest BCUT2D eigenvalue weighted by Gasteiger charge is 2.19. The molecule has 0 unspecified atom stereocenters. The fraction of sp³-hybridized carbons (Fsp3) is 0.650. The van der Waals surface area contributed by atoms with E-state index in [1.54, 1.807) is 0 Å². The van der Waals surface area contributed by atoms with Crippen LogP contribution in [0.3, 0.4) is 0 Å². The SMILES string of the molecule is CCNC(=NCCc1ccc(OC(C)C)cc1)NC1CCC(O)CC1. The van der Waals surface area contributed by atoms with Gasteiger partial charge in [0.15, 0.2) is 5.96 Å². The standard InChI is InChI=1S/C20H33N3O2/c1-4-21-20(23-17-7-9-18(24)10-8-17)22-14-13-16-5-11-19(12-6-16)25-15(2)3/h5-6,11-12,15,17-18,24H,4,7-10,13-14H2,1-3H3,(H2,21,22,23). The predicted octanol–water partition coefficient (Wildman–Crippen LogP) is 2.87. The molecule has 0 radical (unpaired) electrons. The molecule has 0 aliphatic heterocycles. The Bertz CT molecular complexity index is 520. The first-order valence-corrected chi connectivity index (χ1v) is 9.55. The van der Waals surface area contributed by atoms with Gasteiger partial charge >= 0.3 is 0 Å². The molecule has 1 aromatic carbocycles. The van der Waals surface area contributed by atoms with E-state index in [0.717, 1.165) is 56.9 Å². The number of guanidine groups is 1. The molecule has 0 bridgehead atoms. The summed E-state index contributed by atoms with van der Waals surface area (Å²) in [6.45, 7) is 7.74. The largest absolute Gasteiger partial charge is 0.491 e. The van der Waals surface area contributed by atoms with Gasteiger partial charge in [0.25, 0.3) is 0 Å². The molecule has 5 nitrogen and oxygen atoms in total. The van der Waals surface area contributed by atoms with Crippen molar-refractivity contribution in [2.75, 3.05) is 13.1 Å². The number of aliphatic hydroxyl groups is 1. The van der Waals surface area contributed by atoms with Crippen molar-refractivity contribution < 1.29 is 9.84 Å². The van der Waals surface area contributed by atoms with E-state index in [0.29, 0.717) is 6.04 Å². The van der Waals surface area contributed by atoms with Gasteiger partial charge in [0, 0.05) is 19.1 Å². The highest BCUT2D eigenvalue weighted by molar-refractivity contribution is 5.80. The highest BCUT2D eigenvalue weighted by Crippen LogP contribution is 2.18. The Kier molecular flexibility index (Phi) is 8.06. The number of hydrogen-bond donors (Lipinski definition) is 3. The van der Waals surface area contributed by atoms with Gasteiger partial charge in [-0.1, -0.05) is 12.1 Å².